The maximum Gasteiger partial charge on any atom is 0.298 e. The van der Waals surface area contributed by atoms with Crippen molar-refractivity contribution in [1.29, 1.82) is 0 Å². The molecule has 0 spiro atoms. The van der Waals surface area contributed by atoms with Crippen molar-refractivity contribution in [2.75, 3.05) is 0 Å². The molecule has 0 saturated heterocycles. The molecule has 50 heavy (non-hydrogen) atoms. The van der Waals surface area contributed by atoms with Gasteiger partial charge < -0.3 is 13.3 Å². The van der Waals surface area contributed by atoms with E-state index in [0.29, 0.717) is 77.0 Å². The third-order valence-electron chi connectivity index (χ3n) is 11.9. The van der Waals surface area contributed by atoms with Crippen molar-refractivity contribution in [1.82, 2.24) is 0 Å². The summed E-state index contributed by atoms with van der Waals surface area (Å²) in [5.74, 6) is -0.387. The van der Waals surface area contributed by atoms with Gasteiger partial charge in [-0.15, -0.1) is 0 Å². The van der Waals surface area contributed by atoms with E-state index in [0.717, 1.165) is 0 Å². The lowest BCUT2D eigenvalue weighted by Crippen LogP contribution is -2.65. The number of hydrogen-bond donors (Lipinski definition) is 0. The van der Waals surface area contributed by atoms with Crippen LogP contribution in [0.1, 0.15) is 77.0 Å². The number of rotatable bonds is 9. The number of hydrogen-bond acceptors (Lipinski definition) is 9. The Bertz CT molecular complexity index is 1320. The van der Waals surface area contributed by atoms with Gasteiger partial charge in [-0.3, -0.25) is 28.8 Å². The van der Waals surface area contributed by atoms with Gasteiger partial charge in [0.1, 0.15) is 0 Å². The molecule has 8 saturated carbocycles. The molecule has 0 aromatic rings. The molecule has 9 nitrogen and oxygen atoms in total. The predicted molar refractivity (Wildman–Crippen MR) is 198 cm³/mol. The molecule has 8 aliphatic rings. The van der Waals surface area contributed by atoms with E-state index in [2.05, 4.69) is 0 Å². The van der Waals surface area contributed by atoms with Crippen LogP contribution in [0.3, 0.4) is 0 Å². The molecule has 0 aliphatic heterocycles. The predicted octanol–water partition coefficient (Wildman–Crippen LogP) is 8.32. The lowest BCUT2D eigenvalue weighted by atomic mass is 9.39. The molecule has 0 aromatic heterocycles. The van der Waals surface area contributed by atoms with Crippen LogP contribution in [0.15, 0.2) is 0 Å². The molecule has 280 valence electrons. The largest absolute Gasteiger partial charge is 0.519 e. The summed E-state index contributed by atoms with van der Waals surface area (Å²) in [4.78, 5) is 76.3. The third-order valence-corrected chi connectivity index (χ3v) is 15.5. The van der Waals surface area contributed by atoms with E-state index in [1.54, 1.807) is 0 Å². The average Bonchev–Trinajstić information content (AvgIpc) is 2.89. The van der Waals surface area contributed by atoms with Crippen molar-refractivity contribution in [3.63, 3.8) is 0 Å². The number of carbonyl (C=O) groups excluding carboxylic acids is 6. The first-order valence-electron chi connectivity index (χ1n) is 17.8. The zero-order chi connectivity index (χ0) is 37.7. The SMILES string of the molecule is C[Si](C)(C)OC(=O)C12CC3CC(C(=O)O[Si](C)(C)C)(C1)CC(C(=O)O[Si](C)(C)C)(C3)C2.O=C(Cl)C12CC3CC(C(=O)Cl)(C1)CC(C(=O)Cl)(C3)C2. The van der Waals surface area contributed by atoms with Crippen LogP contribution in [-0.2, 0) is 42.0 Å². The van der Waals surface area contributed by atoms with Crippen molar-refractivity contribution in [2.24, 2.45) is 44.3 Å². The molecule has 8 fully saturated rings. The van der Waals surface area contributed by atoms with Gasteiger partial charge in [-0.1, -0.05) is 0 Å². The van der Waals surface area contributed by atoms with Gasteiger partial charge in [0.15, 0.2) is 0 Å². The van der Waals surface area contributed by atoms with E-state index in [-0.39, 0.29) is 29.7 Å². The van der Waals surface area contributed by atoms with Crippen LogP contribution in [0.5, 0.6) is 0 Å². The highest BCUT2D eigenvalue weighted by atomic mass is 35.5. The number of carbonyl (C=O) groups is 6. The standard InChI is InChI=1S/C22H40O6Si3.C13H13Cl3O3/c1-29(2,3)26-17(23)20-10-16-11-21(13-20,18(24)27-30(4,5)6)15-22(12-16,14-20)19(25)28-31(7,8)9;14-8(17)11-1-7-2-12(4-11,9(15)18)6-13(3-7,5-11)10(16)19/h16H,10-15H2,1-9H3;7H,1-6H2. The molecule has 0 amide bonds. The van der Waals surface area contributed by atoms with Gasteiger partial charge in [0.25, 0.3) is 17.9 Å². The fraction of sp³-hybridized carbons (Fsp3) is 0.829. The van der Waals surface area contributed by atoms with Gasteiger partial charge in [0.05, 0.1) is 16.2 Å². The van der Waals surface area contributed by atoms with E-state index < -0.39 is 73.2 Å². The van der Waals surface area contributed by atoms with Gasteiger partial charge in [-0.25, -0.2) is 0 Å². The van der Waals surface area contributed by atoms with Gasteiger partial charge in [-0.05, 0) is 183 Å². The van der Waals surface area contributed by atoms with Gasteiger partial charge in [0.2, 0.25) is 40.7 Å². The molecular formula is C35H53Cl3O9Si3. The quantitative estimate of drug-likeness (QED) is 0.167. The second-order valence-corrected chi connectivity index (χ2v) is 34.3. The Morgan fingerprint density at radius 1 is 0.400 bits per heavy atom. The summed E-state index contributed by atoms with van der Waals surface area (Å²) < 4.78 is 18.0. The Balaban J connectivity index is 0.000000217. The molecular weight excluding hydrogens is 755 g/mol. The van der Waals surface area contributed by atoms with Gasteiger partial charge in [0, 0.05) is 16.2 Å². The zero-order valence-corrected chi connectivity index (χ0v) is 36.2. The second-order valence-electron chi connectivity index (χ2n) is 20.0. The fourth-order valence-electron chi connectivity index (χ4n) is 11.4. The van der Waals surface area contributed by atoms with Crippen LogP contribution in [0.2, 0.25) is 58.9 Å². The van der Waals surface area contributed by atoms with Crippen molar-refractivity contribution in [2.45, 2.75) is 136 Å². The topological polar surface area (TPSA) is 130 Å². The van der Waals surface area contributed by atoms with E-state index >= 15 is 0 Å². The van der Waals surface area contributed by atoms with Crippen LogP contribution in [-0.4, -0.2) is 58.6 Å². The number of halogens is 3. The smallest absolute Gasteiger partial charge is 0.298 e. The highest BCUT2D eigenvalue weighted by Crippen LogP contribution is 2.72. The summed E-state index contributed by atoms with van der Waals surface area (Å²) in [6, 6.07) is 0. The third kappa shape index (κ3) is 7.37. The first kappa shape index (κ1) is 40.1. The van der Waals surface area contributed by atoms with Gasteiger partial charge >= 0.3 is 0 Å². The minimum Gasteiger partial charge on any atom is -0.519 e. The summed E-state index contributed by atoms with van der Waals surface area (Å²) in [7, 11) is -6.36. The monoisotopic (exact) mass is 806 g/mol. The summed E-state index contributed by atoms with van der Waals surface area (Å²) in [6.45, 7) is 18.0. The summed E-state index contributed by atoms with van der Waals surface area (Å²) in [5.41, 5.74) is -4.77. The summed E-state index contributed by atoms with van der Waals surface area (Å²) in [6.07, 6.45) is 6.43. The first-order chi connectivity index (χ1) is 22.5. The fourth-order valence-corrected chi connectivity index (χ4v) is 14.3. The van der Waals surface area contributed by atoms with Crippen molar-refractivity contribution in [3.05, 3.63) is 0 Å². The molecule has 0 aromatic carbocycles. The maximum absolute atomic E-state index is 13.5. The van der Waals surface area contributed by atoms with E-state index in [1.807, 2.05) is 58.9 Å². The highest BCUT2D eigenvalue weighted by Gasteiger charge is 2.72. The lowest BCUT2D eigenvalue weighted by Gasteiger charge is -2.63. The molecule has 8 rings (SSSR count). The Labute approximate surface area is 314 Å². The minimum atomic E-state index is -2.12. The molecule has 8 aliphatic carbocycles. The Hall–Kier alpha value is -1.06. The van der Waals surface area contributed by atoms with Crippen molar-refractivity contribution in [3.8, 4) is 0 Å². The molecule has 15 heteroatoms. The highest BCUT2D eigenvalue weighted by molar-refractivity contribution is 6.72. The maximum atomic E-state index is 13.5. The summed E-state index contributed by atoms with van der Waals surface area (Å²) >= 11 is 17.4. The second kappa shape index (κ2) is 12.5. The van der Waals surface area contributed by atoms with Crippen LogP contribution in [0.4, 0.5) is 0 Å². The molecule has 0 atom stereocenters. The first-order valence-corrected chi connectivity index (χ1v) is 29.2. The van der Waals surface area contributed by atoms with Crippen LogP contribution in [0, 0.1) is 44.3 Å². The molecule has 0 radical (unpaired) electrons. The van der Waals surface area contributed by atoms with Crippen molar-refractivity contribution < 1.29 is 42.0 Å². The van der Waals surface area contributed by atoms with Crippen molar-refractivity contribution >= 4 is 93.4 Å². The molecule has 0 unspecified atom stereocenters. The summed E-state index contributed by atoms with van der Waals surface area (Å²) in [5, 5.41) is -1.37. The Morgan fingerprint density at radius 2 is 0.580 bits per heavy atom. The average molecular weight is 808 g/mol. The normalized spacial score (nSPS) is 39.6. The molecule has 0 N–H and O–H groups in total. The Morgan fingerprint density at radius 3 is 0.760 bits per heavy atom. The van der Waals surface area contributed by atoms with E-state index in [9.17, 15) is 28.8 Å². The van der Waals surface area contributed by atoms with Crippen LogP contribution < -0.4 is 0 Å². The van der Waals surface area contributed by atoms with Gasteiger partial charge in [-0.2, -0.15) is 0 Å². The van der Waals surface area contributed by atoms with Crippen LogP contribution >= 0.6 is 34.8 Å². The van der Waals surface area contributed by atoms with E-state index in [1.165, 1.54) is 0 Å². The lowest BCUT2D eigenvalue weighted by molar-refractivity contribution is -0.206. The zero-order valence-electron chi connectivity index (χ0n) is 30.9. The molecule has 0 heterocycles. The Kier molecular flexibility index (Phi) is 10.0. The van der Waals surface area contributed by atoms with Crippen LogP contribution in [0.25, 0.3) is 0 Å². The minimum absolute atomic E-state index is 0.129. The van der Waals surface area contributed by atoms with E-state index in [4.69, 9.17) is 48.1 Å². The molecule has 8 bridgehead atoms.